The number of aromatic nitrogens is 2. The van der Waals surface area contributed by atoms with Gasteiger partial charge in [0.05, 0.1) is 11.5 Å². The zero-order chi connectivity index (χ0) is 20.1. The minimum absolute atomic E-state index is 0.0332. The van der Waals surface area contributed by atoms with E-state index in [2.05, 4.69) is 14.7 Å². The van der Waals surface area contributed by atoms with Crippen LogP contribution in [0.1, 0.15) is 0 Å². The van der Waals surface area contributed by atoms with Gasteiger partial charge in [-0.2, -0.15) is 4.72 Å². The number of sulfonamides is 1. The molecule has 2 aromatic rings. The van der Waals surface area contributed by atoms with E-state index in [1.165, 1.54) is 29.2 Å². The summed E-state index contributed by atoms with van der Waals surface area (Å²) in [5, 5.41) is 9.98. The molecular formula is C17H20ClN5O4S. The van der Waals surface area contributed by atoms with Crippen molar-refractivity contribution >= 4 is 33.5 Å². The molecule has 1 aromatic heterocycles. The molecule has 1 amide bonds. The van der Waals surface area contributed by atoms with Crippen LogP contribution in [0.25, 0.3) is 0 Å². The first-order valence-electron chi connectivity index (χ1n) is 8.60. The van der Waals surface area contributed by atoms with E-state index in [1.54, 1.807) is 18.5 Å². The van der Waals surface area contributed by atoms with E-state index in [0.29, 0.717) is 37.1 Å². The van der Waals surface area contributed by atoms with Crippen molar-refractivity contribution in [2.75, 3.05) is 37.7 Å². The molecule has 0 saturated carbocycles. The summed E-state index contributed by atoms with van der Waals surface area (Å²) in [4.78, 5) is 24.5. The van der Waals surface area contributed by atoms with Crippen LogP contribution in [0, 0.1) is 0 Å². The van der Waals surface area contributed by atoms with Gasteiger partial charge in [-0.1, -0.05) is 11.6 Å². The molecule has 2 heterocycles. The molecule has 11 heteroatoms. The van der Waals surface area contributed by atoms with E-state index in [4.69, 9.17) is 11.6 Å². The van der Waals surface area contributed by atoms with Gasteiger partial charge in [-0.15, -0.1) is 0 Å². The van der Waals surface area contributed by atoms with Gasteiger partial charge in [0.15, 0.2) is 0 Å². The van der Waals surface area contributed by atoms with Crippen molar-refractivity contribution in [3.8, 4) is 0 Å². The molecule has 3 rings (SSSR count). The van der Waals surface area contributed by atoms with Crippen LogP contribution in [-0.2, 0) is 14.8 Å². The third-order valence-corrected chi connectivity index (χ3v) is 6.07. The summed E-state index contributed by atoms with van der Waals surface area (Å²) in [6.07, 6.45) is 3.29. The van der Waals surface area contributed by atoms with Gasteiger partial charge in [-0.25, -0.2) is 18.4 Å². The lowest BCUT2D eigenvalue weighted by Gasteiger charge is -2.36. The highest BCUT2D eigenvalue weighted by Crippen LogP contribution is 2.15. The number of piperazine rings is 1. The molecule has 1 unspecified atom stereocenters. The lowest BCUT2D eigenvalue weighted by molar-refractivity contribution is -0.134. The number of hydrogen-bond donors (Lipinski definition) is 2. The molecule has 1 saturated heterocycles. The molecule has 1 aliphatic rings. The highest BCUT2D eigenvalue weighted by molar-refractivity contribution is 7.89. The lowest BCUT2D eigenvalue weighted by Crippen LogP contribution is -2.56. The number of anilines is 1. The van der Waals surface area contributed by atoms with Gasteiger partial charge in [0.25, 0.3) is 0 Å². The Labute approximate surface area is 168 Å². The van der Waals surface area contributed by atoms with Crippen LogP contribution in [0.4, 0.5) is 5.95 Å². The fourth-order valence-electron chi connectivity index (χ4n) is 2.84. The predicted molar refractivity (Wildman–Crippen MR) is 103 cm³/mol. The number of halogens is 1. The molecule has 1 aromatic carbocycles. The number of carbonyl (C=O) groups excluding carboxylic acids is 1. The van der Waals surface area contributed by atoms with Crippen LogP contribution in [0.2, 0.25) is 5.02 Å². The predicted octanol–water partition coefficient (Wildman–Crippen LogP) is 0.118. The Balaban J connectivity index is 1.63. The van der Waals surface area contributed by atoms with Crippen molar-refractivity contribution in [3.63, 3.8) is 0 Å². The molecule has 9 nitrogen and oxygen atoms in total. The first-order valence-corrected chi connectivity index (χ1v) is 10.5. The first-order chi connectivity index (χ1) is 13.4. The first kappa shape index (κ1) is 20.5. The smallest absolute Gasteiger partial charge is 0.243 e. The lowest BCUT2D eigenvalue weighted by atomic mass is 10.2. The quantitative estimate of drug-likeness (QED) is 0.675. The summed E-state index contributed by atoms with van der Waals surface area (Å²) in [5.74, 6) is 0.102. The molecule has 0 spiro atoms. The molecular weight excluding hydrogens is 406 g/mol. The number of amides is 1. The fraction of sp³-hybridized carbons (Fsp3) is 0.353. The molecule has 28 heavy (non-hydrogen) atoms. The largest absolute Gasteiger partial charge is 0.394 e. The zero-order valence-corrected chi connectivity index (χ0v) is 16.5. The van der Waals surface area contributed by atoms with Crippen molar-refractivity contribution in [2.45, 2.75) is 10.9 Å². The molecule has 0 aliphatic carbocycles. The Hall–Kier alpha value is -2.27. The number of rotatable bonds is 6. The second-order valence-corrected chi connectivity index (χ2v) is 8.32. The number of benzene rings is 1. The van der Waals surface area contributed by atoms with Crippen molar-refractivity contribution in [3.05, 3.63) is 47.7 Å². The molecule has 1 atom stereocenters. The highest BCUT2D eigenvalue weighted by atomic mass is 35.5. The Morgan fingerprint density at radius 2 is 1.75 bits per heavy atom. The molecule has 0 bridgehead atoms. The Bertz CT molecular complexity index is 903. The maximum absolute atomic E-state index is 12.7. The Morgan fingerprint density at radius 3 is 2.32 bits per heavy atom. The van der Waals surface area contributed by atoms with Crippen LogP contribution < -0.4 is 9.62 Å². The van der Waals surface area contributed by atoms with Gasteiger partial charge < -0.3 is 14.9 Å². The van der Waals surface area contributed by atoms with Crippen LogP contribution in [0.15, 0.2) is 47.6 Å². The number of aliphatic hydroxyl groups is 1. The van der Waals surface area contributed by atoms with Gasteiger partial charge in [-0.05, 0) is 30.3 Å². The Kier molecular flexibility index (Phi) is 6.45. The maximum Gasteiger partial charge on any atom is 0.243 e. The van der Waals surface area contributed by atoms with Crippen molar-refractivity contribution < 1.29 is 18.3 Å². The van der Waals surface area contributed by atoms with Crippen LogP contribution in [0.3, 0.4) is 0 Å². The monoisotopic (exact) mass is 425 g/mol. The third-order valence-electron chi connectivity index (χ3n) is 4.33. The second-order valence-electron chi connectivity index (χ2n) is 6.17. The van der Waals surface area contributed by atoms with Crippen LogP contribution in [0.5, 0.6) is 0 Å². The number of carbonyl (C=O) groups is 1. The summed E-state index contributed by atoms with van der Waals surface area (Å²) in [6, 6.07) is 6.01. The SMILES string of the molecule is O=C(C(CO)NS(=O)(=O)c1ccc(Cl)cc1)N1CCN(c2ncccn2)CC1. The van der Waals surface area contributed by atoms with Gasteiger partial charge in [0, 0.05) is 43.6 Å². The molecule has 2 N–H and O–H groups in total. The Morgan fingerprint density at radius 1 is 1.14 bits per heavy atom. The van der Waals surface area contributed by atoms with E-state index in [1.807, 2.05) is 4.90 Å². The van der Waals surface area contributed by atoms with E-state index in [0.717, 1.165) is 0 Å². The topological polar surface area (TPSA) is 116 Å². The van der Waals surface area contributed by atoms with Gasteiger partial charge in [-0.3, -0.25) is 4.79 Å². The van der Waals surface area contributed by atoms with Gasteiger partial charge >= 0.3 is 0 Å². The third kappa shape index (κ3) is 4.76. The van der Waals surface area contributed by atoms with Gasteiger partial charge in [0.2, 0.25) is 21.9 Å². The molecule has 150 valence electrons. The number of aliphatic hydroxyl groups excluding tert-OH is 1. The number of hydrogen-bond acceptors (Lipinski definition) is 7. The summed E-state index contributed by atoms with van der Waals surface area (Å²) < 4.78 is 27.2. The molecule has 1 fully saturated rings. The molecule has 0 radical (unpaired) electrons. The number of nitrogens with one attached hydrogen (secondary N) is 1. The van der Waals surface area contributed by atoms with Crippen LogP contribution in [-0.4, -0.2) is 73.1 Å². The number of nitrogens with zero attached hydrogens (tertiary/aromatic N) is 4. The fourth-order valence-corrected chi connectivity index (χ4v) is 4.14. The maximum atomic E-state index is 12.7. The van der Waals surface area contributed by atoms with E-state index in [9.17, 15) is 18.3 Å². The van der Waals surface area contributed by atoms with Crippen molar-refractivity contribution in [1.29, 1.82) is 0 Å². The minimum Gasteiger partial charge on any atom is -0.394 e. The zero-order valence-electron chi connectivity index (χ0n) is 14.9. The average Bonchev–Trinajstić information content (AvgIpc) is 2.72. The summed E-state index contributed by atoms with van der Waals surface area (Å²) in [7, 11) is -3.97. The molecule has 1 aliphatic heterocycles. The van der Waals surface area contributed by atoms with Gasteiger partial charge in [0.1, 0.15) is 6.04 Å². The average molecular weight is 426 g/mol. The second kappa shape index (κ2) is 8.82. The minimum atomic E-state index is -3.97. The summed E-state index contributed by atoms with van der Waals surface area (Å²) in [6.45, 7) is 1.12. The van der Waals surface area contributed by atoms with E-state index in [-0.39, 0.29) is 4.90 Å². The van der Waals surface area contributed by atoms with Crippen LogP contribution >= 0.6 is 11.6 Å². The van der Waals surface area contributed by atoms with Crippen molar-refractivity contribution in [1.82, 2.24) is 19.6 Å². The van der Waals surface area contributed by atoms with E-state index < -0.39 is 28.6 Å². The normalized spacial score (nSPS) is 16.1. The summed E-state index contributed by atoms with van der Waals surface area (Å²) in [5.41, 5.74) is 0. The van der Waals surface area contributed by atoms with Crippen molar-refractivity contribution in [2.24, 2.45) is 0 Å². The van der Waals surface area contributed by atoms with E-state index >= 15 is 0 Å². The highest BCUT2D eigenvalue weighted by Gasteiger charge is 2.31. The standard InChI is InChI=1S/C17H20ClN5O4S/c18-13-2-4-14(5-3-13)28(26,27)21-15(12-24)16(25)22-8-10-23(11-9-22)17-19-6-1-7-20-17/h1-7,15,21,24H,8-12H2. The summed E-state index contributed by atoms with van der Waals surface area (Å²) >= 11 is 5.77.